The molecule has 0 unspecified atom stereocenters. The fraction of sp³-hybridized carbons (Fsp3) is 0.545. The van der Waals surface area contributed by atoms with E-state index in [1.807, 2.05) is 11.8 Å². The van der Waals surface area contributed by atoms with E-state index in [1.54, 1.807) is 26.2 Å². The van der Waals surface area contributed by atoms with E-state index in [1.165, 1.54) is 4.90 Å². The Morgan fingerprint density at radius 1 is 1.41 bits per heavy atom. The number of hydrogen-bond donors (Lipinski definition) is 1. The van der Waals surface area contributed by atoms with Gasteiger partial charge in [0.1, 0.15) is 0 Å². The molecule has 6 heteroatoms. The average Bonchev–Trinajstić information content (AvgIpc) is 2.25. The minimum Gasteiger partial charge on any atom is -0.351 e. The molecule has 0 atom stereocenters. The third kappa shape index (κ3) is 2.36. The molecule has 17 heavy (non-hydrogen) atoms. The fourth-order valence-electron chi connectivity index (χ4n) is 1.82. The van der Waals surface area contributed by atoms with Crippen molar-refractivity contribution in [3.05, 3.63) is 17.8 Å². The number of rotatable bonds is 2. The first kappa shape index (κ1) is 11.8. The maximum absolute atomic E-state index is 11.6. The second kappa shape index (κ2) is 3.96. The van der Waals surface area contributed by atoms with Crippen LogP contribution in [0.4, 0.5) is 5.82 Å². The van der Waals surface area contributed by atoms with Crippen molar-refractivity contribution in [2.75, 3.05) is 32.1 Å². The summed E-state index contributed by atoms with van der Waals surface area (Å²) >= 11 is 0. The highest BCUT2D eigenvalue weighted by Gasteiger charge is 2.35. The summed E-state index contributed by atoms with van der Waals surface area (Å²) in [6.07, 6.45) is 0. The van der Waals surface area contributed by atoms with Crippen LogP contribution in [0.1, 0.15) is 17.4 Å². The molecule has 0 aliphatic carbocycles. The van der Waals surface area contributed by atoms with Gasteiger partial charge in [-0.2, -0.15) is 0 Å². The summed E-state index contributed by atoms with van der Waals surface area (Å²) in [5, 5.41) is 7.97. The van der Waals surface area contributed by atoms with E-state index >= 15 is 0 Å². The Balaban J connectivity index is 2.07. The zero-order valence-corrected chi connectivity index (χ0v) is 10.3. The van der Waals surface area contributed by atoms with Crippen molar-refractivity contribution in [1.82, 2.24) is 15.1 Å². The van der Waals surface area contributed by atoms with Crippen molar-refractivity contribution in [3.63, 3.8) is 0 Å². The number of carbonyl (C=O) groups is 1. The SMILES string of the molecule is CN(C)C(=O)c1ccc(N2CC(C)(N)C2)nn1. The van der Waals surface area contributed by atoms with Crippen molar-refractivity contribution >= 4 is 11.7 Å². The second-order valence-corrected chi connectivity index (χ2v) is 4.99. The lowest BCUT2D eigenvalue weighted by molar-refractivity contribution is 0.0821. The maximum atomic E-state index is 11.6. The van der Waals surface area contributed by atoms with Crippen LogP contribution in [0.15, 0.2) is 12.1 Å². The molecule has 1 aliphatic rings. The Bertz CT molecular complexity index is 418. The molecule has 0 saturated carbocycles. The Hall–Kier alpha value is -1.69. The van der Waals surface area contributed by atoms with Crippen molar-refractivity contribution in [1.29, 1.82) is 0 Å². The molecule has 1 aromatic rings. The van der Waals surface area contributed by atoms with Crippen LogP contribution in [0.3, 0.4) is 0 Å². The predicted octanol–water partition coefficient (Wildman–Crippen LogP) is -0.284. The van der Waals surface area contributed by atoms with E-state index in [9.17, 15) is 4.79 Å². The highest BCUT2D eigenvalue weighted by atomic mass is 16.2. The molecule has 0 bridgehead atoms. The van der Waals surface area contributed by atoms with Gasteiger partial charge in [-0.05, 0) is 19.1 Å². The van der Waals surface area contributed by atoms with Gasteiger partial charge in [-0.1, -0.05) is 0 Å². The van der Waals surface area contributed by atoms with Gasteiger partial charge in [0.25, 0.3) is 5.91 Å². The van der Waals surface area contributed by atoms with E-state index in [2.05, 4.69) is 10.2 Å². The standard InChI is InChI=1S/C11H17N5O/c1-11(12)6-16(7-11)9-5-4-8(13-14-9)10(17)15(2)3/h4-5H,6-7,12H2,1-3H3. The molecule has 2 N–H and O–H groups in total. The van der Waals surface area contributed by atoms with Crippen LogP contribution in [0.5, 0.6) is 0 Å². The molecule has 1 fully saturated rings. The molecular weight excluding hydrogens is 218 g/mol. The minimum absolute atomic E-state index is 0.139. The third-order valence-corrected chi connectivity index (χ3v) is 2.70. The van der Waals surface area contributed by atoms with Crippen LogP contribution in [0, 0.1) is 0 Å². The molecule has 2 rings (SSSR count). The minimum atomic E-state index is -0.142. The molecule has 6 nitrogen and oxygen atoms in total. The summed E-state index contributed by atoms with van der Waals surface area (Å²) in [5.41, 5.74) is 6.13. The summed E-state index contributed by atoms with van der Waals surface area (Å²) in [5.74, 6) is 0.625. The number of nitrogens with zero attached hydrogens (tertiary/aromatic N) is 4. The lowest BCUT2D eigenvalue weighted by Gasteiger charge is -2.45. The lowest BCUT2D eigenvalue weighted by Crippen LogP contribution is -2.65. The third-order valence-electron chi connectivity index (χ3n) is 2.70. The van der Waals surface area contributed by atoms with Crippen molar-refractivity contribution in [2.45, 2.75) is 12.5 Å². The van der Waals surface area contributed by atoms with Crippen molar-refractivity contribution in [3.8, 4) is 0 Å². The Labute approximate surface area is 100 Å². The molecule has 0 aromatic carbocycles. The van der Waals surface area contributed by atoms with Crippen LogP contribution in [0.25, 0.3) is 0 Å². The van der Waals surface area contributed by atoms with Crippen molar-refractivity contribution < 1.29 is 4.79 Å². The summed E-state index contributed by atoms with van der Waals surface area (Å²) < 4.78 is 0. The summed E-state index contributed by atoms with van der Waals surface area (Å²) in [7, 11) is 3.38. The molecule has 0 radical (unpaired) electrons. The fourth-order valence-corrected chi connectivity index (χ4v) is 1.82. The van der Waals surface area contributed by atoms with Gasteiger partial charge in [-0.3, -0.25) is 4.79 Å². The van der Waals surface area contributed by atoms with E-state index in [0.29, 0.717) is 5.69 Å². The van der Waals surface area contributed by atoms with E-state index in [0.717, 1.165) is 18.9 Å². The van der Waals surface area contributed by atoms with Gasteiger partial charge in [0, 0.05) is 32.7 Å². The second-order valence-electron chi connectivity index (χ2n) is 4.99. The smallest absolute Gasteiger partial charge is 0.273 e. The monoisotopic (exact) mass is 235 g/mol. The lowest BCUT2D eigenvalue weighted by atomic mass is 9.94. The number of nitrogens with two attached hydrogens (primary N) is 1. The van der Waals surface area contributed by atoms with Gasteiger partial charge in [0.2, 0.25) is 0 Å². The van der Waals surface area contributed by atoms with Crippen LogP contribution in [0.2, 0.25) is 0 Å². The molecular formula is C11H17N5O. The van der Waals surface area contributed by atoms with Gasteiger partial charge < -0.3 is 15.5 Å². The number of amides is 1. The van der Waals surface area contributed by atoms with Crippen LogP contribution in [-0.2, 0) is 0 Å². The molecule has 2 heterocycles. The van der Waals surface area contributed by atoms with Gasteiger partial charge in [-0.15, -0.1) is 10.2 Å². The average molecular weight is 235 g/mol. The summed E-state index contributed by atoms with van der Waals surface area (Å²) in [6.45, 7) is 3.53. The first-order valence-corrected chi connectivity index (χ1v) is 5.48. The molecule has 1 amide bonds. The van der Waals surface area contributed by atoms with E-state index in [-0.39, 0.29) is 11.4 Å². The topological polar surface area (TPSA) is 75.4 Å². The number of anilines is 1. The van der Waals surface area contributed by atoms with Crippen LogP contribution < -0.4 is 10.6 Å². The number of hydrogen-bond acceptors (Lipinski definition) is 5. The van der Waals surface area contributed by atoms with Gasteiger partial charge in [0.15, 0.2) is 11.5 Å². The van der Waals surface area contributed by atoms with Gasteiger partial charge >= 0.3 is 0 Å². The zero-order chi connectivity index (χ0) is 12.6. The maximum Gasteiger partial charge on any atom is 0.273 e. The van der Waals surface area contributed by atoms with Crippen LogP contribution >= 0.6 is 0 Å². The molecule has 92 valence electrons. The normalized spacial score (nSPS) is 17.5. The molecule has 1 saturated heterocycles. The Morgan fingerprint density at radius 3 is 2.47 bits per heavy atom. The van der Waals surface area contributed by atoms with Crippen molar-refractivity contribution in [2.24, 2.45) is 5.73 Å². The first-order valence-electron chi connectivity index (χ1n) is 5.48. The van der Waals surface area contributed by atoms with Gasteiger partial charge in [-0.25, -0.2) is 0 Å². The predicted molar refractivity (Wildman–Crippen MR) is 64.9 cm³/mol. The molecule has 1 aromatic heterocycles. The first-order chi connectivity index (χ1) is 7.89. The largest absolute Gasteiger partial charge is 0.351 e. The number of aromatic nitrogens is 2. The van der Waals surface area contributed by atoms with E-state index < -0.39 is 0 Å². The zero-order valence-electron chi connectivity index (χ0n) is 10.3. The summed E-state index contributed by atoms with van der Waals surface area (Å²) in [4.78, 5) is 15.1. The molecule has 1 aliphatic heterocycles. The molecule has 0 spiro atoms. The highest BCUT2D eigenvalue weighted by molar-refractivity contribution is 5.91. The summed E-state index contributed by atoms with van der Waals surface area (Å²) in [6, 6.07) is 3.50. The highest BCUT2D eigenvalue weighted by Crippen LogP contribution is 2.23. The van der Waals surface area contributed by atoms with Crippen LogP contribution in [-0.4, -0.2) is 53.7 Å². The number of carbonyl (C=O) groups excluding carboxylic acids is 1. The Morgan fingerprint density at radius 2 is 2.06 bits per heavy atom. The van der Waals surface area contributed by atoms with E-state index in [4.69, 9.17) is 5.73 Å². The quantitative estimate of drug-likeness (QED) is 0.762. The van der Waals surface area contributed by atoms with Gasteiger partial charge in [0.05, 0.1) is 0 Å². The Kier molecular flexibility index (Phi) is 2.74.